The Morgan fingerprint density at radius 1 is 1.11 bits per heavy atom. The highest BCUT2D eigenvalue weighted by Crippen LogP contribution is 2.40. The molecule has 0 radical (unpaired) electrons. The minimum atomic E-state index is -0.919. The van der Waals surface area contributed by atoms with Crippen LogP contribution in [0.25, 0.3) is 0 Å². The maximum Gasteiger partial charge on any atom is 0.333 e. The summed E-state index contributed by atoms with van der Waals surface area (Å²) in [6, 6.07) is 1.16. The normalized spacial score (nSPS) is 17.9. The number of fused-ring (bicyclic) bond motifs is 1. The molecule has 5 rings (SSSR count). The molecule has 0 spiro atoms. The van der Waals surface area contributed by atoms with Gasteiger partial charge in [0.1, 0.15) is 17.3 Å². The summed E-state index contributed by atoms with van der Waals surface area (Å²) in [4.78, 5) is 41.1. The predicted molar refractivity (Wildman–Crippen MR) is 130 cm³/mol. The van der Waals surface area contributed by atoms with E-state index in [-0.39, 0.29) is 41.3 Å². The summed E-state index contributed by atoms with van der Waals surface area (Å²) >= 11 is 0. The number of hydrogen-bond acceptors (Lipinski definition) is 6. The third kappa shape index (κ3) is 4.14. The molecule has 2 aliphatic carbocycles. The topological polar surface area (TPSA) is 101 Å². The molecule has 2 amide bonds. The van der Waals surface area contributed by atoms with Crippen LogP contribution in [0.2, 0.25) is 0 Å². The molecular formula is C24H26F2N6O4. The monoisotopic (exact) mass is 500 g/mol. The molecule has 12 heteroatoms. The molecule has 10 nitrogen and oxygen atoms in total. The second-order valence-corrected chi connectivity index (χ2v) is 9.19. The molecule has 190 valence electrons. The SMILES string of the molecule is COc1c(F)cc(F)cc1N(C)C(=O)N(C)CC#CC1Nc2c(n(C3CC3)c(=O)n(C3CC3)c2=O)N1. The average Bonchev–Trinajstić information content (AvgIpc) is 3.77. The van der Waals surface area contributed by atoms with Gasteiger partial charge in [0.2, 0.25) is 0 Å². The molecule has 36 heavy (non-hydrogen) atoms. The van der Waals surface area contributed by atoms with E-state index in [0.717, 1.165) is 36.6 Å². The maximum atomic E-state index is 14.0. The number of ether oxygens (including phenoxy) is 1. The highest BCUT2D eigenvalue weighted by Gasteiger charge is 2.38. The first-order valence-corrected chi connectivity index (χ1v) is 11.7. The van der Waals surface area contributed by atoms with Crippen LogP contribution in [0.3, 0.4) is 0 Å². The van der Waals surface area contributed by atoms with E-state index in [4.69, 9.17) is 4.74 Å². The highest BCUT2D eigenvalue weighted by molar-refractivity contribution is 5.93. The summed E-state index contributed by atoms with van der Waals surface area (Å²) in [7, 11) is 4.11. The van der Waals surface area contributed by atoms with Gasteiger partial charge in [-0.2, -0.15) is 0 Å². The quantitative estimate of drug-likeness (QED) is 0.612. The Morgan fingerprint density at radius 2 is 1.78 bits per heavy atom. The van der Waals surface area contributed by atoms with Crippen molar-refractivity contribution in [2.75, 3.05) is 43.3 Å². The van der Waals surface area contributed by atoms with Crippen molar-refractivity contribution in [2.45, 2.75) is 43.9 Å². The number of anilines is 3. The predicted octanol–water partition coefficient (Wildman–Crippen LogP) is 2.32. The Kier molecular flexibility index (Phi) is 5.86. The molecule has 2 fully saturated rings. The molecule has 2 aromatic rings. The van der Waals surface area contributed by atoms with E-state index in [1.54, 1.807) is 4.57 Å². The lowest BCUT2D eigenvalue weighted by molar-refractivity contribution is 0.221. The van der Waals surface area contributed by atoms with Crippen LogP contribution >= 0.6 is 0 Å². The van der Waals surface area contributed by atoms with E-state index in [1.165, 1.54) is 30.7 Å². The number of urea groups is 1. The number of amides is 2. The minimum absolute atomic E-state index is 0.00122. The molecule has 0 saturated heterocycles. The highest BCUT2D eigenvalue weighted by atomic mass is 19.1. The summed E-state index contributed by atoms with van der Waals surface area (Å²) in [5.74, 6) is 4.26. The van der Waals surface area contributed by atoms with Crippen molar-refractivity contribution >= 4 is 23.2 Å². The number of hydrogen-bond donors (Lipinski definition) is 2. The van der Waals surface area contributed by atoms with Gasteiger partial charge in [0, 0.05) is 38.3 Å². The number of rotatable bonds is 5. The molecule has 2 saturated carbocycles. The number of benzene rings is 1. The van der Waals surface area contributed by atoms with E-state index in [0.29, 0.717) is 17.6 Å². The smallest absolute Gasteiger partial charge is 0.333 e. The molecule has 3 aliphatic rings. The molecule has 1 aromatic carbocycles. The maximum absolute atomic E-state index is 14.0. The Bertz CT molecular complexity index is 1420. The fourth-order valence-corrected chi connectivity index (χ4v) is 4.32. The summed E-state index contributed by atoms with van der Waals surface area (Å²) in [6.07, 6.45) is 2.78. The third-order valence-electron chi connectivity index (χ3n) is 6.45. The van der Waals surface area contributed by atoms with E-state index in [1.807, 2.05) is 0 Å². The lowest BCUT2D eigenvalue weighted by Gasteiger charge is -2.25. The zero-order valence-corrected chi connectivity index (χ0v) is 20.1. The molecule has 1 aliphatic heterocycles. The van der Waals surface area contributed by atoms with Gasteiger partial charge in [-0.3, -0.25) is 18.8 Å². The van der Waals surface area contributed by atoms with E-state index < -0.39 is 23.8 Å². The third-order valence-corrected chi connectivity index (χ3v) is 6.45. The van der Waals surface area contributed by atoms with Crippen LogP contribution in [0.5, 0.6) is 5.75 Å². The average molecular weight is 501 g/mol. The van der Waals surface area contributed by atoms with Gasteiger partial charge >= 0.3 is 11.7 Å². The standard InChI is InChI=1S/C24H26F2N6O4/c1-29(23(34)30(2)17-12-13(25)11-16(26)20(17)36-3)10-4-5-18-27-19-21(28-18)31(14-6-7-14)24(35)32(22(19)33)15-8-9-15/h11-12,14-15,18,27-28H,6-10H2,1-3H3. The van der Waals surface area contributed by atoms with Crippen molar-refractivity contribution in [3.63, 3.8) is 0 Å². The van der Waals surface area contributed by atoms with Crippen LogP contribution in [0.4, 0.5) is 30.8 Å². The summed E-state index contributed by atoms with van der Waals surface area (Å²) in [5, 5.41) is 6.19. The van der Waals surface area contributed by atoms with Gasteiger partial charge in [0.15, 0.2) is 17.7 Å². The second kappa shape index (κ2) is 8.89. The lowest BCUT2D eigenvalue weighted by atomic mass is 10.2. The van der Waals surface area contributed by atoms with Crippen LogP contribution in [-0.4, -0.2) is 54.0 Å². The first kappa shape index (κ1) is 23.7. The van der Waals surface area contributed by atoms with Gasteiger partial charge in [-0.15, -0.1) is 0 Å². The lowest BCUT2D eigenvalue weighted by Crippen LogP contribution is -2.39. The number of nitrogens with one attached hydrogen (secondary N) is 2. The number of nitrogens with zero attached hydrogens (tertiary/aromatic N) is 4. The Labute approximate surface area is 205 Å². The zero-order chi connectivity index (χ0) is 25.7. The minimum Gasteiger partial charge on any atom is -0.492 e. The van der Waals surface area contributed by atoms with Crippen molar-refractivity contribution in [3.8, 4) is 17.6 Å². The van der Waals surface area contributed by atoms with E-state index in [9.17, 15) is 23.2 Å². The van der Waals surface area contributed by atoms with Crippen LogP contribution in [0.15, 0.2) is 21.7 Å². The Balaban J connectivity index is 1.30. The molecule has 1 atom stereocenters. The van der Waals surface area contributed by atoms with Crippen molar-refractivity contribution in [3.05, 3.63) is 44.6 Å². The van der Waals surface area contributed by atoms with Crippen molar-refractivity contribution in [1.82, 2.24) is 14.0 Å². The van der Waals surface area contributed by atoms with Crippen molar-refractivity contribution in [1.29, 1.82) is 0 Å². The molecule has 1 aromatic heterocycles. The van der Waals surface area contributed by atoms with Gasteiger partial charge in [-0.1, -0.05) is 11.8 Å². The number of carbonyl (C=O) groups excluding carboxylic acids is 1. The number of methoxy groups -OCH3 is 1. The summed E-state index contributed by atoms with van der Waals surface area (Å²) in [5.41, 5.74) is -0.364. The largest absolute Gasteiger partial charge is 0.492 e. The molecular weight excluding hydrogens is 474 g/mol. The van der Waals surface area contributed by atoms with E-state index in [2.05, 4.69) is 22.5 Å². The van der Waals surface area contributed by atoms with Gasteiger partial charge in [-0.05, 0) is 25.7 Å². The first-order chi connectivity index (χ1) is 17.2. The van der Waals surface area contributed by atoms with Crippen LogP contribution in [0, 0.1) is 23.5 Å². The number of carbonyl (C=O) groups is 1. The van der Waals surface area contributed by atoms with Gasteiger partial charge in [0.05, 0.1) is 19.3 Å². The molecule has 1 unspecified atom stereocenters. The van der Waals surface area contributed by atoms with E-state index >= 15 is 0 Å². The fraction of sp³-hybridized carbons (Fsp3) is 0.458. The number of aromatic nitrogens is 2. The molecule has 2 heterocycles. The summed E-state index contributed by atoms with van der Waals surface area (Å²) in [6.45, 7) is 0.00122. The van der Waals surface area contributed by atoms with Gasteiger partial charge < -0.3 is 20.3 Å². The zero-order valence-electron chi connectivity index (χ0n) is 20.1. The van der Waals surface area contributed by atoms with Gasteiger partial charge in [0.25, 0.3) is 5.56 Å². The van der Waals surface area contributed by atoms with Crippen LogP contribution in [-0.2, 0) is 0 Å². The van der Waals surface area contributed by atoms with Gasteiger partial charge in [-0.25, -0.2) is 18.4 Å². The first-order valence-electron chi connectivity index (χ1n) is 11.7. The van der Waals surface area contributed by atoms with Crippen molar-refractivity contribution in [2.24, 2.45) is 0 Å². The molecule has 2 N–H and O–H groups in total. The Hall–Kier alpha value is -4.01. The molecule has 0 bridgehead atoms. The summed E-state index contributed by atoms with van der Waals surface area (Å²) < 4.78 is 35.8. The Morgan fingerprint density at radius 3 is 2.42 bits per heavy atom. The fourth-order valence-electron chi connectivity index (χ4n) is 4.32. The van der Waals surface area contributed by atoms with Crippen LogP contribution < -0.4 is 31.5 Å². The number of halogens is 2. The second-order valence-electron chi connectivity index (χ2n) is 9.19. The van der Waals surface area contributed by atoms with Crippen molar-refractivity contribution < 1.29 is 18.3 Å². The van der Waals surface area contributed by atoms with Crippen LogP contribution in [0.1, 0.15) is 37.8 Å².